The number of aromatic hydroxyl groups is 1. The molecule has 0 atom stereocenters. The Morgan fingerprint density at radius 1 is 0.935 bits per heavy atom. The Morgan fingerprint density at radius 2 is 1.65 bits per heavy atom. The monoisotopic (exact) mass is 413 g/mol. The molecule has 0 saturated heterocycles. The van der Waals surface area contributed by atoms with Gasteiger partial charge in [-0.1, -0.05) is 48.5 Å². The molecular formula is C23H19N5O3. The number of ketones is 1. The third-order valence-corrected chi connectivity index (χ3v) is 4.55. The van der Waals surface area contributed by atoms with E-state index in [1.165, 1.54) is 12.3 Å². The number of rotatable bonds is 7. The lowest BCUT2D eigenvalue weighted by Gasteiger charge is -2.09. The Kier molecular flexibility index (Phi) is 5.82. The zero-order chi connectivity index (χ0) is 21.6. The first kappa shape index (κ1) is 20.0. The molecule has 31 heavy (non-hydrogen) atoms. The summed E-state index contributed by atoms with van der Waals surface area (Å²) in [6.45, 7) is -0.212. The number of nitrogens with one attached hydrogen (secondary N) is 2. The maximum Gasteiger partial charge on any atom is 0.284 e. The van der Waals surface area contributed by atoms with Gasteiger partial charge in [-0.2, -0.15) is 5.10 Å². The number of carbonyl (C=O) groups is 2. The Bertz CT molecular complexity index is 1210. The first-order valence-electron chi connectivity index (χ1n) is 9.55. The van der Waals surface area contributed by atoms with Crippen LogP contribution in [0.5, 0.6) is 5.88 Å². The third-order valence-electron chi connectivity index (χ3n) is 4.55. The van der Waals surface area contributed by atoms with E-state index in [1.54, 1.807) is 16.8 Å². The maximum absolute atomic E-state index is 12.9. The normalized spacial score (nSPS) is 10.6. The molecule has 4 aromatic rings. The number of aromatic nitrogens is 3. The van der Waals surface area contributed by atoms with Gasteiger partial charge < -0.3 is 5.11 Å². The third kappa shape index (κ3) is 4.49. The molecule has 0 saturated carbocycles. The van der Waals surface area contributed by atoms with Crippen LogP contribution in [0.15, 0.2) is 85.1 Å². The molecule has 0 unspecified atom stereocenters. The van der Waals surface area contributed by atoms with E-state index in [0.29, 0.717) is 11.4 Å². The summed E-state index contributed by atoms with van der Waals surface area (Å²) >= 11 is 0. The van der Waals surface area contributed by atoms with Crippen LogP contribution in [0.3, 0.4) is 0 Å². The molecule has 2 aromatic heterocycles. The highest BCUT2D eigenvalue weighted by Gasteiger charge is 2.18. The first-order chi connectivity index (χ1) is 15.1. The quantitative estimate of drug-likeness (QED) is 0.318. The number of pyridine rings is 1. The molecule has 0 spiro atoms. The standard InChI is InChI=1S/C23H19N5O3/c29-21(18-12-7-13-24-22(18)30)15-25-26-23(31)20-14-19(16-8-3-1-4-9-16)27-28(20)17-10-5-2-6-11-17/h1-14,25H,15H2,(H,24,30)(H,26,31). The predicted molar refractivity (Wildman–Crippen MR) is 115 cm³/mol. The fourth-order valence-electron chi connectivity index (χ4n) is 3.04. The van der Waals surface area contributed by atoms with Crippen LogP contribution in [-0.2, 0) is 0 Å². The van der Waals surface area contributed by atoms with E-state index in [1.807, 2.05) is 60.7 Å². The van der Waals surface area contributed by atoms with Gasteiger partial charge in [0.1, 0.15) is 5.69 Å². The lowest BCUT2D eigenvalue weighted by Crippen LogP contribution is -2.41. The molecule has 2 heterocycles. The average molecular weight is 413 g/mol. The smallest absolute Gasteiger partial charge is 0.284 e. The zero-order valence-corrected chi connectivity index (χ0v) is 16.4. The number of benzene rings is 2. The predicted octanol–water partition coefficient (Wildman–Crippen LogP) is 2.76. The molecule has 0 aliphatic rings. The molecule has 1 amide bonds. The topological polar surface area (TPSA) is 109 Å². The molecule has 0 bridgehead atoms. The van der Waals surface area contributed by atoms with E-state index >= 15 is 0 Å². The molecule has 4 rings (SSSR count). The summed E-state index contributed by atoms with van der Waals surface area (Å²) in [5, 5.41) is 14.3. The Labute approximate surface area is 178 Å². The largest absolute Gasteiger partial charge is 0.493 e. The van der Waals surface area contributed by atoms with Crippen LogP contribution in [0.25, 0.3) is 16.9 Å². The van der Waals surface area contributed by atoms with Gasteiger partial charge in [0.25, 0.3) is 5.91 Å². The SMILES string of the molecule is O=C(CNNC(=O)c1cc(-c2ccccc2)nn1-c1ccccc1)c1cccnc1O. The minimum atomic E-state index is -0.457. The lowest BCUT2D eigenvalue weighted by molar-refractivity contribution is 0.0911. The van der Waals surface area contributed by atoms with Crippen LogP contribution < -0.4 is 10.9 Å². The number of hydrogen-bond acceptors (Lipinski definition) is 6. The van der Waals surface area contributed by atoms with Crippen molar-refractivity contribution < 1.29 is 14.7 Å². The summed E-state index contributed by atoms with van der Waals surface area (Å²) in [7, 11) is 0. The molecular weight excluding hydrogens is 394 g/mol. The van der Waals surface area contributed by atoms with Gasteiger partial charge in [-0.05, 0) is 30.3 Å². The van der Waals surface area contributed by atoms with Crippen LogP contribution in [-0.4, -0.2) is 38.1 Å². The number of para-hydroxylation sites is 1. The number of hydrogen-bond donors (Lipinski definition) is 3. The Balaban J connectivity index is 1.53. The fourth-order valence-corrected chi connectivity index (χ4v) is 3.04. The van der Waals surface area contributed by atoms with Crippen molar-refractivity contribution in [3.63, 3.8) is 0 Å². The van der Waals surface area contributed by atoms with Gasteiger partial charge in [0.05, 0.1) is 23.5 Å². The van der Waals surface area contributed by atoms with E-state index in [9.17, 15) is 14.7 Å². The molecule has 8 heteroatoms. The summed E-state index contributed by atoms with van der Waals surface area (Å²) in [5.74, 6) is -1.22. The second kappa shape index (κ2) is 9.02. The van der Waals surface area contributed by atoms with Gasteiger partial charge >= 0.3 is 0 Å². The molecule has 154 valence electrons. The Hall–Kier alpha value is -4.30. The van der Waals surface area contributed by atoms with Crippen molar-refractivity contribution in [3.05, 3.63) is 96.3 Å². The van der Waals surface area contributed by atoms with Crippen LogP contribution >= 0.6 is 0 Å². The van der Waals surface area contributed by atoms with E-state index in [-0.39, 0.29) is 18.0 Å². The Morgan fingerprint density at radius 3 is 2.35 bits per heavy atom. The first-order valence-corrected chi connectivity index (χ1v) is 9.55. The maximum atomic E-state index is 12.9. The number of amides is 1. The molecule has 0 aliphatic carbocycles. The number of carbonyl (C=O) groups excluding carboxylic acids is 2. The molecule has 0 radical (unpaired) electrons. The highest BCUT2D eigenvalue weighted by Crippen LogP contribution is 2.21. The summed E-state index contributed by atoms with van der Waals surface area (Å²) < 4.78 is 1.55. The van der Waals surface area contributed by atoms with Gasteiger partial charge in [-0.15, -0.1) is 0 Å². The van der Waals surface area contributed by atoms with E-state index in [2.05, 4.69) is 20.9 Å². The molecule has 3 N–H and O–H groups in total. The molecule has 8 nitrogen and oxygen atoms in total. The highest BCUT2D eigenvalue weighted by molar-refractivity contribution is 6.00. The van der Waals surface area contributed by atoms with Gasteiger partial charge in [-0.25, -0.2) is 15.1 Å². The van der Waals surface area contributed by atoms with E-state index < -0.39 is 11.7 Å². The minimum absolute atomic E-state index is 0.0740. The van der Waals surface area contributed by atoms with E-state index in [4.69, 9.17) is 0 Å². The summed E-state index contributed by atoms with van der Waals surface area (Å²) in [6, 6.07) is 23.5. The summed E-state index contributed by atoms with van der Waals surface area (Å²) in [6.07, 6.45) is 1.39. The fraction of sp³-hybridized carbons (Fsp3) is 0.0435. The molecule has 0 fully saturated rings. The highest BCUT2D eigenvalue weighted by atomic mass is 16.3. The van der Waals surface area contributed by atoms with Crippen molar-refractivity contribution in [1.29, 1.82) is 0 Å². The average Bonchev–Trinajstić information content (AvgIpc) is 3.26. The molecule has 0 aliphatic heterocycles. The van der Waals surface area contributed by atoms with Crippen LogP contribution in [0.2, 0.25) is 0 Å². The van der Waals surface area contributed by atoms with Crippen LogP contribution in [0, 0.1) is 0 Å². The summed E-state index contributed by atoms with van der Waals surface area (Å²) in [5.41, 5.74) is 7.75. The molecule has 2 aromatic carbocycles. The van der Waals surface area contributed by atoms with Crippen molar-refractivity contribution in [2.24, 2.45) is 0 Å². The summed E-state index contributed by atoms with van der Waals surface area (Å²) in [4.78, 5) is 28.8. The number of nitrogens with zero attached hydrogens (tertiary/aromatic N) is 3. The van der Waals surface area contributed by atoms with Crippen LogP contribution in [0.1, 0.15) is 20.8 Å². The van der Waals surface area contributed by atoms with Crippen LogP contribution in [0.4, 0.5) is 0 Å². The zero-order valence-electron chi connectivity index (χ0n) is 16.4. The van der Waals surface area contributed by atoms with Gasteiger partial charge in [-0.3, -0.25) is 15.0 Å². The van der Waals surface area contributed by atoms with E-state index in [0.717, 1.165) is 11.3 Å². The van der Waals surface area contributed by atoms with Crippen molar-refractivity contribution in [3.8, 4) is 22.8 Å². The number of Topliss-reactive ketones (excluding diaryl/α,β-unsaturated/α-hetero) is 1. The second-order valence-corrected chi connectivity index (χ2v) is 6.63. The lowest BCUT2D eigenvalue weighted by atomic mass is 10.1. The van der Waals surface area contributed by atoms with Crippen molar-refractivity contribution in [2.45, 2.75) is 0 Å². The van der Waals surface area contributed by atoms with Crippen molar-refractivity contribution in [2.75, 3.05) is 6.54 Å². The second-order valence-electron chi connectivity index (χ2n) is 6.63. The number of hydrazine groups is 1. The van der Waals surface area contributed by atoms with Gasteiger partial charge in [0, 0.05) is 11.8 Å². The van der Waals surface area contributed by atoms with Crippen molar-refractivity contribution in [1.82, 2.24) is 25.6 Å². The van der Waals surface area contributed by atoms with Crippen molar-refractivity contribution >= 4 is 11.7 Å². The minimum Gasteiger partial charge on any atom is -0.493 e. The van der Waals surface area contributed by atoms with Gasteiger partial charge in [0.15, 0.2) is 5.78 Å². The van der Waals surface area contributed by atoms with Gasteiger partial charge in [0.2, 0.25) is 5.88 Å².